The number of nitro groups is 2. The van der Waals surface area contributed by atoms with Crippen LogP contribution in [-0.2, 0) is 0 Å². The molecule has 4 rings (SSSR count). The van der Waals surface area contributed by atoms with Gasteiger partial charge in [-0.25, -0.2) is 0 Å². The van der Waals surface area contributed by atoms with Crippen molar-refractivity contribution >= 4 is 57.8 Å². The van der Waals surface area contributed by atoms with Crippen LogP contribution in [0.5, 0.6) is 0 Å². The van der Waals surface area contributed by atoms with Crippen molar-refractivity contribution in [3.63, 3.8) is 0 Å². The molecular formula is C24H16Cl4N2O5. The lowest BCUT2D eigenvalue weighted by molar-refractivity contribution is -0.385. The van der Waals surface area contributed by atoms with Gasteiger partial charge in [0.25, 0.3) is 11.4 Å². The van der Waals surface area contributed by atoms with E-state index >= 15 is 0 Å². The average molecular weight is 554 g/mol. The van der Waals surface area contributed by atoms with Crippen LogP contribution in [-0.4, -0.2) is 15.3 Å². The zero-order valence-corrected chi connectivity index (χ0v) is 20.6. The summed E-state index contributed by atoms with van der Waals surface area (Å²) in [6.07, 6.45) is 0. The largest absolute Gasteiger partial charge is 0.412 e. The molecule has 0 amide bonds. The van der Waals surface area contributed by atoms with Gasteiger partial charge in [0, 0.05) is 44.4 Å². The molecule has 11 heteroatoms. The van der Waals surface area contributed by atoms with Crippen LogP contribution in [0.25, 0.3) is 22.3 Å². The van der Waals surface area contributed by atoms with Gasteiger partial charge in [-0.05, 0) is 82.9 Å². The van der Waals surface area contributed by atoms with E-state index in [1.165, 1.54) is 24.3 Å². The molecule has 4 aromatic carbocycles. The Hall–Kier alpha value is -3.20. The molecule has 0 heterocycles. The molecule has 7 nitrogen and oxygen atoms in total. The van der Waals surface area contributed by atoms with E-state index in [9.17, 15) is 20.2 Å². The van der Waals surface area contributed by atoms with Gasteiger partial charge < -0.3 is 5.48 Å². The number of nitrogens with zero attached hydrogens (tertiary/aromatic N) is 2. The number of benzene rings is 4. The minimum Gasteiger partial charge on any atom is -0.412 e. The smallest absolute Gasteiger partial charge is 0.269 e. The number of rotatable bonds is 4. The third-order valence-electron chi connectivity index (χ3n) is 4.55. The van der Waals surface area contributed by atoms with E-state index < -0.39 is 9.85 Å². The SMILES string of the molecule is O.O=[N+]([O-])c1ccc(-c2cc(Cl)cc(Cl)c2)cc1.O=[N+]([O-])c1ccc(-c2cc(Cl)cc(Cl)c2)cc1. The number of nitro benzene ring substituents is 2. The second kappa shape index (κ2) is 12.5. The highest BCUT2D eigenvalue weighted by Gasteiger charge is 2.07. The van der Waals surface area contributed by atoms with Crippen LogP contribution in [0, 0.1) is 20.2 Å². The first-order valence-electron chi connectivity index (χ1n) is 9.54. The lowest BCUT2D eigenvalue weighted by Crippen LogP contribution is -1.87. The molecule has 2 N–H and O–H groups in total. The lowest BCUT2D eigenvalue weighted by Gasteiger charge is -2.03. The van der Waals surface area contributed by atoms with Crippen molar-refractivity contribution in [1.29, 1.82) is 0 Å². The Bertz CT molecular complexity index is 1200. The molecule has 0 radical (unpaired) electrons. The fraction of sp³-hybridized carbons (Fsp3) is 0. The van der Waals surface area contributed by atoms with Crippen molar-refractivity contribution in [2.75, 3.05) is 0 Å². The maximum Gasteiger partial charge on any atom is 0.269 e. The first kappa shape index (κ1) is 28.0. The second-order valence-electron chi connectivity index (χ2n) is 6.92. The average Bonchev–Trinajstić information content (AvgIpc) is 2.78. The van der Waals surface area contributed by atoms with Gasteiger partial charge in [-0.1, -0.05) is 46.4 Å². The van der Waals surface area contributed by atoms with Crippen LogP contribution >= 0.6 is 46.4 Å². The van der Waals surface area contributed by atoms with E-state index in [4.69, 9.17) is 46.4 Å². The second-order valence-corrected chi connectivity index (χ2v) is 8.67. The number of hydrogen-bond acceptors (Lipinski definition) is 4. The summed E-state index contributed by atoms with van der Waals surface area (Å²) in [7, 11) is 0. The van der Waals surface area contributed by atoms with E-state index in [0.717, 1.165) is 22.3 Å². The fourth-order valence-electron chi connectivity index (χ4n) is 2.99. The number of halogens is 4. The van der Waals surface area contributed by atoms with Crippen LogP contribution in [0.4, 0.5) is 11.4 Å². The Balaban J connectivity index is 0.000000240. The summed E-state index contributed by atoms with van der Waals surface area (Å²) in [6.45, 7) is 0. The van der Waals surface area contributed by atoms with Gasteiger partial charge in [-0.15, -0.1) is 0 Å². The van der Waals surface area contributed by atoms with E-state index in [2.05, 4.69) is 0 Å². The summed E-state index contributed by atoms with van der Waals surface area (Å²) in [5, 5.41) is 23.2. The highest BCUT2D eigenvalue weighted by molar-refractivity contribution is 6.35. The number of non-ortho nitro benzene ring substituents is 2. The van der Waals surface area contributed by atoms with Crippen LogP contribution in [0.2, 0.25) is 20.1 Å². The van der Waals surface area contributed by atoms with Gasteiger partial charge in [0.05, 0.1) is 9.85 Å². The van der Waals surface area contributed by atoms with Crippen molar-refractivity contribution in [1.82, 2.24) is 0 Å². The summed E-state index contributed by atoms with van der Waals surface area (Å²) in [5.41, 5.74) is 3.44. The molecular weight excluding hydrogens is 538 g/mol. The standard InChI is InChI=1S/2C12H7Cl2NO2.H2O/c2*13-10-5-9(6-11(14)7-10)8-1-3-12(4-2-8)15(16)17;/h2*1-7H;1H2. The molecule has 0 atom stereocenters. The molecule has 180 valence electrons. The summed E-state index contributed by atoms with van der Waals surface area (Å²) in [5.74, 6) is 0. The van der Waals surface area contributed by atoms with Crippen molar-refractivity contribution in [3.8, 4) is 22.3 Å². The molecule has 0 saturated carbocycles. The van der Waals surface area contributed by atoms with Gasteiger partial charge in [0.2, 0.25) is 0 Å². The molecule has 0 aliphatic rings. The Labute approximate surface area is 220 Å². The molecule has 0 saturated heterocycles. The van der Waals surface area contributed by atoms with E-state index in [0.29, 0.717) is 20.1 Å². The predicted molar refractivity (Wildman–Crippen MR) is 141 cm³/mol. The Morgan fingerprint density at radius 2 is 0.714 bits per heavy atom. The first-order chi connectivity index (χ1) is 16.1. The molecule has 0 unspecified atom stereocenters. The molecule has 0 fully saturated rings. The van der Waals surface area contributed by atoms with Gasteiger partial charge in [-0.3, -0.25) is 20.2 Å². The lowest BCUT2D eigenvalue weighted by atomic mass is 10.1. The third kappa shape index (κ3) is 7.92. The summed E-state index contributed by atoms with van der Waals surface area (Å²) >= 11 is 23.6. The maximum atomic E-state index is 10.5. The summed E-state index contributed by atoms with van der Waals surface area (Å²) < 4.78 is 0. The quantitative estimate of drug-likeness (QED) is 0.186. The molecule has 0 aliphatic carbocycles. The topological polar surface area (TPSA) is 118 Å². The zero-order valence-electron chi connectivity index (χ0n) is 17.6. The van der Waals surface area contributed by atoms with Crippen LogP contribution in [0.1, 0.15) is 0 Å². The van der Waals surface area contributed by atoms with E-state index in [1.54, 1.807) is 60.7 Å². The van der Waals surface area contributed by atoms with Gasteiger partial charge >= 0.3 is 0 Å². The molecule has 35 heavy (non-hydrogen) atoms. The highest BCUT2D eigenvalue weighted by Crippen LogP contribution is 2.29. The Morgan fingerprint density at radius 1 is 0.457 bits per heavy atom. The number of hydrogen-bond donors (Lipinski definition) is 0. The monoisotopic (exact) mass is 552 g/mol. The molecule has 0 aliphatic heterocycles. The van der Waals surface area contributed by atoms with Gasteiger partial charge in [0.15, 0.2) is 0 Å². The summed E-state index contributed by atoms with van der Waals surface area (Å²) in [4.78, 5) is 20.2. The van der Waals surface area contributed by atoms with E-state index in [-0.39, 0.29) is 16.9 Å². The van der Waals surface area contributed by atoms with Crippen molar-refractivity contribution in [3.05, 3.63) is 125 Å². The van der Waals surface area contributed by atoms with Gasteiger partial charge in [0.1, 0.15) is 0 Å². The summed E-state index contributed by atoms with van der Waals surface area (Å²) in [6, 6.07) is 22.8. The van der Waals surface area contributed by atoms with Crippen LogP contribution < -0.4 is 0 Å². The van der Waals surface area contributed by atoms with Crippen molar-refractivity contribution in [2.45, 2.75) is 0 Å². The Morgan fingerprint density at radius 3 is 0.943 bits per heavy atom. The minimum atomic E-state index is -0.436. The minimum absolute atomic E-state index is 0. The van der Waals surface area contributed by atoms with Crippen LogP contribution in [0.15, 0.2) is 84.9 Å². The molecule has 4 aromatic rings. The first-order valence-corrected chi connectivity index (χ1v) is 11.1. The van der Waals surface area contributed by atoms with Crippen LogP contribution in [0.3, 0.4) is 0 Å². The van der Waals surface area contributed by atoms with Crippen molar-refractivity contribution in [2.24, 2.45) is 0 Å². The molecule has 0 bridgehead atoms. The molecule has 0 spiro atoms. The Kier molecular flexibility index (Phi) is 10.0. The normalized spacial score (nSPS) is 9.94. The fourth-order valence-corrected chi connectivity index (χ4v) is 4.04. The van der Waals surface area contributed by atoms with Crippen molar-refractivity contribution < 1.29 is 15.3 Å². The molecule has 0 aromatic heterocycles. The zero-order chi connectivity index (χ0) is 24.8. The highest BCUT2D eigenvalue weighted by atomic mass is 35.5. The predicted octanol–water partition coefficient (Wildman–Crippen LogP) is 8.31. The van der Waals surface area contributed by atoms with E-state index in [1.807, 2.05) is 0 Å². The third-order valence-corrected chi connectivity index (χ3v) is 5.42. The van der Waals surface area contributed by atoms with Gasteiger partial charge in [-0.2, -0.15) is 0 Å². The maximum absolute atomic E-state index is 10.5.